The van der Waals surface area contributed by atoms with Crippen LogP contribution in [0.2, 0.25) is 0 Å². The summed E-state index contributed by atoms with van der Waals surface area (Å²) in [6.45, 7) is 4.28. The summed E-state index contributed by atoms with van der Waals surface area (Å²) in [5.74, 6) is 2.06. The monoisotopic (exact) mass is 382 g/mol. The highest BCUT2D eigenvalue weighted by Gasteiger charge is 2.10. The van der Waals surface area contributed by atoms with E-state index in [1.54, 1.807) is 7.11 Å². The number of hydrogen-bond donors (Lipinski definition) is 2. The van der Waals surface area contributed by atoms with Crippen LogP contribution in [0.25, 0.3) is 11.4 Å². The Balaban J connectivity index is 1.53. The van der Waals surface area contributed by atoms with Crippen molar-refractivity contribution in [2.45, 2.75) is 24.9 Å². The fourth-order valence-corrected chi connectivity index (χ4v) is 3.07. The van der Waals surface area contributed by atoms with Gasteiger partial charge in [0.2, 0.25) is 11.1 Å². The molecule has 0 atom stereocenters. The maximum Gasteiger partial charge on any atom is 0.234 e. The first-order valence-corrected chi connectivity index (χ1v) is 9.63. The minimum absolute atomic E-state index is 0.0897. The molecule has 0 aliphatic heterocycles. The van der Waals surface area contributed by atoms with Crippen LogP contribution in [0.1, 0.15) is 25.3 Å². The molecule has 0 saturated heterocycles. The Labute approximate surface area is 162 Å². The van der Waals surface area contributed by atoms with Crippen LogP contribution in [0.15, 0.2) is 53.7 Å². The van der Waals surface area contributed by atoms with Crippen molar-refractivity contribution in [3.8, 4) is 17.1 Å². The van der Waals surface area contributed by atoms with Crippen molar-refractivity contribution in [3.63, 3.8) is 0 Å². The smallest absolute Gasteiger partial charge is 0.234 e. The third-order valence-electron chi connectivity index (χ3n) is 4.02. The van der Waals surface area contributed by atoms with Gasteiger partial charge in [-0.15, -0.1) is 5.10 Å². The quantitative estimate of drug-likeness (QED) is 0.595. The van der Waals surface area contributed by atoms with Crippen molar-refractivity contribution < 1.29 is 9.53 Å². The molecule has 0 fully saturated rings. The number of amides is 1. The van der Waals surface area contributed by atoms with Crippen molar-refractivity contribution in [1.29, 1.82) is 0 Å². The molecule has 0 aliphatic carbocycles. The van der Waals surface area contributed by atoms with Crippen LogP contribution < -0.4 is 10.1 Å². The Hall–Kier alpha value is -2.80. The van der Waals surface area contributed by atoms with E-state index in [0.29, 0.717) is 16.9 Å². The van der Waals surface area contributed by atoms with Crippen molar-refractivity contribution in [2.24, 2.45) is 0 Å². The number of nitrogens with one attached hydrogen (secondary N) is 2. The summed E-state index contributed by atoms with van der Waals surface area (Å²) >= 11 is 1.29. The first-order valence-electron chi connectivity index (χ1n) is 8.64. The summed E-state index contributed by atoms with van der Waals surface area (Å²) in [5.41, 5.74) is 2.94. The molecule has 2 aromatic carbocycles. The number of ether oxygens (including phenoxy) is 1. The van der Waals surface area contributed by atoms with Gasteiger partial charge in [0.15, 0.2) is 5.82 Å². The molecule has 140 valence electrons. The SMILES string of the molecule is COc1ccc(-c2nc(SCC(=O)Nc3ccc(C(C)C)cc3)n[nH]2)cc1. The summed E-state index contributed by atoms with van der Waals surface area (Å²) in [6.07, 6.45) is 0. The largest absolute Gasteiger partial charge is 0.497 e. The third-order valence-corrected chi connectivity index (χ3v) is 4.87. The van der Waals surface area contributed by atoms with Crippen molar-refractivity contribution in [2.75, 3.05) is 18.2 Å². The minimum atomic E-state index is -0.0897. The van der Waals surface area contributed by atoms with Gasteiger partial charge in [-0.3, -0.25) is 9.89 Å². The van der Waals surface area contributed by atoms with Crippen molar-refractivity contribution in [3.05, 3.63) is 54.1 Å². The Bertz CT molecular complexity index is 889. The molecule has 6 nitrogen and oxygen atoms in total. The van der Waals surface area contributed by atoms with Gasteiger partial charge < -0.3 is 10.1 Å². The Morgan fingerprint density at radius 2 is 1.85 bits per heavy atom. The first-order chi connectivity index (χ1) is 13.0. The van der Waals surface area contributed by atoms with E-state index in [2.05, 4.69) is 34.3 Å². The van der Waals surface area contributed by atoms with E-state index >= 15 is 0 Å². The zero-order chi connectivity index (χ0) is 19.2. The van der Waals surface area contributed by atoms with Gasteiger partial charge in [0.1, 0.15) is 5.75 Å². The zero-order valence-corrected chi connectivity index (χ0v) is 16.3. The van der Waals surface area contributed by atoms with Gasteiger partial charge in [-0.2, -0.15) is 0 Å². The Morgan fingerprint density at radius 1 is 1.15 bits per heavy atom. The van der Waals surface area contributed by atoms with E-state index in [-0.39, 0.29) is 11.7 Å². The van der Waals surface area contributed by atoms with Crippen LogP contribution in [-0.4, -0.2) is 34.0 Å². The lowest BCUT2D eigenvalue weighted by molar-refractivity contribution is -0.113. The minimum Gasteiger partial charge on any atom is -0.497 e. The van der Waals surface area contributed by atoms with Crippen molar-refractivity contribution in [1.82, 2.24) is 15.2 Å². The number of carbonyl (C=O) groups is 1. The van der Waals surface area contributed by atoms with E-state index in [0.717, 1.165) is 17.0 Å². The molecule has 1 heterocycles. The number of aromatic nitrogens is 3. The number of methoxy groups -OCH3 is 1. The number of rotatable bonds is 7. The fraction of sp³-hybridized carbons (Fsp3) is 0.250. The summed E-state index contributed by atoms with van der Waals surface area (Å²) in [4.78, 5) is 16.6. The zero-order valence-electron chi connectivity index (χ0n) is 15.5. The predicted octanol–water partition coefficient (Wildman–Crippen LogP) is 4.33. The van der Waals surface area contributed by atoms with Gasteiger partial charge in [0.05, 0.1) is 12.9 Å². The molecular formula is C20H22N4O2S. The number of carbonyl (C=O) groups excluding carboxylic acids is 1. The van der Waals surface area contributed by atoms with Crippen LogP contribution in [0.5, 0.6) is 5.75 Å². The van der Waals surface area contributed by atoms with Gasteiger partial charge in [0.25, 0.3) is 0 Å². The maximum absolute atomic E-state index is 12.1. The number of hydrogen-bond acceptors (Lipinski definition) is 5. The fourth-order valence-electron chi connectivity index (χ4n) is 2.47. The standard InChI is InChI=1S/C20H22N4O2S/c1-13(2)14-4-8-16(9-5-14)21-18(25)12-27-20-22-19(23-24-20)15-6-10-17(26-3)11-7-15/h4-11,13H,12H2,1-3H3,(H,21,25)(H,22,23,24). The number of nitrogens with zero attached hydrogens (tertiary/aromatic N) is 2. The highest BCUT2D eigenvalue weighted by atomic mass is 32.2. The molecule has 27 heavy (non-hydrogen) atoms. The molecule has 2 N–H and O–H groups in total. The molecule has 3 aromatic rings. The summed E-state index contributed by atoms with van der Waals surface area (Å²) < 4.78 is 5.15. The van der Waals surface area contributed by atoms with Crippen LogP contribution in [0.3, 0.4) is 0 Å². The molecule has 0 aliphatic rings. The highest BCUT2D eigenvalue weighted by Crippen LogP contribution is 2.22. The molecular weight excluding hydrogens is 360 g/mol. The van der Waals surface area contributed by atoms with E-state index in [4.69, 9.17) is 4.74 Å². The van der Waals surface area contributed by atoms with Gasteiger partial charge in [-0.1, -0.05) is 37.7 Å². The van der Waals surface area contributed by atoms with Gasteiger partial charge in [-0.25, -0.2) is 4.98 Å². The molecule has 1 amide bonds. The number of H-pyrrole nitrogens is 1. The predicted molar refractivity (Wildman–Crippen MR) is 108 cm³/mol. The van der Waals surface area contributed by atoms with E-state index in [1.165, 1.54) is 17.3 Å². The number of benzene rings is 2. The van der Waals surface area contributed by atoms with Gasteiger partial charge >= 0.3 is 0 Å². The summed E-state index contributed by atoms with van der Waals surface area (Å²) in [6, 6.07) is 15.4. The molecule has 0 bridgehead atoms. The average molecular weight is 382 g/mol. The van der Waals surface area contributed by atoms with E-state index < -0.39 is 0 Å². The summed E-state index contributed by atoms with van der Waals surface area (Å²) in [7, 11) is 1.63. The lowest BCUT2D eigenvalue weighted by Crippen LogP contribution is -2.14. The van der Waals surface area contributed by atoms with Crippen LogP contribution in [0, 0.1) is 0 Å². The molecule has 7 heteroatoms. The lowest BCUT2D eigenvalue weighted by atomic mass is 10.0. The Kier molecular flexibility index (Phi) is 6.13. The molecule has 1 aromatic heterocycles. The summed E-state index contributed by atoms with van der Waals surface area (Å²) in [5, 5.41) is 10.5. The maximum atomic E-state index is 12.1. The number of aromatic amines is 1. The second kappa shape index (κ2) is 8.73. The molecule has 3 rings (SSSR count). The van der Waals surface area contributed by atoms with Crippen molar-refractivity contribution >= 4 is 23.4 Å². The van der Waals surface area contributed by atoms with E-state index in [1.807, 2.05) is 48.5 Å². The Morgan fingerprint density at radius 3 is 2.48 bits per heavy atom. The van der Waals surface area contributed by atoms with Crippen LogP contribution in [-0.2, 0) is 4.79 Å². The number of anilines is 1. The van der Waals surface area contributed by atoms with Gasteiger partial charge in [-0.05, 0) is 47.9 Å². The molecule has 0 radical (unpaired) electrons. The van der Waals surface area contributed by atoms with Crippen LogP contribution in [0.4, 0.5) is 5.69 Å². The molecule has 0 spiro atoms. The molecule has 0 unspecified atom stereocenters. The van der Waals surface area contributed by atoms with E-state index in [9.17, 15) is 4.79 Å². The average Bonchev–Trinajstić information content (AvgIpc) is 3.16. The molecule has 0 saturated carbocycles. The second-order valence-corrected chi connectivity index (χ2v) is 7.25. The normalized spacial score (nSPS) is 10.8. The highest BCUT2D eigenvalue weighted by molar-refractivity contribution is 7.99. The first kappa shape index (κ1) is 19.0. The van der Waals surface area contributed by atoms with Gasteiger partial charge in [0, 0.05) is 11.3 Å². The topological polar surface area (TPSA) is 79.9 Å². The second-order valence-electron chi connectivity index (χ2n) is 6.31. The lowest BCUT2D eigenvalue weighted by Gasteiger charge is -2.08. The third kappa shape index (κ3) is 5.10. The van der Waals surface area contributed by atoms with Crippen LogP contribution >= 0.6 is 11.8 Å². The number of thioether (sulfide) groups is 1.